The molecule has 1 fully saturated rings. The lowest BCUT2D eigenvalue weighted by Gasteiger charge is -2.16. The molecule has 0 spiro atoms. The molecule has 2 aromatic carbocycles. The number of nitrogens with two attached hydrogens (primary N) is 1. The number of methoxy groups -OCH3 is 1. The Hall–Kier alpha value is -1.54. The van der Waals surface area contributed by atoms with Crippen LogP contribution in [-0.4, -0.2) is 7.11 Å². The molecule has 3 unspecified atom stereocenters. The van der Waals surface area contributed by atoms with Crippen LogP contribution in [0, 0.1) is 11.8 Å². The van der Waals surface area contributed by atoms with Crippen LogP contribution < -0.4 is 10.5 Å². The zero-order valence-electron chi connectivity index (χ0n) is 10.9. The third kappa shape index (κ3) is 1.77. The Morgan fingerprint density at radius 3 is 2.44 bits per heavy atom. The van der Waals surface area contributed by atoms with Crippen molar-refractivity contribution >= 4 is 10.8 Å². The highest BCUT2D eigenvalue weighted by molar-refractivity contribution is 5.91. The largest absolute Gasteiger partial charge is 0.496 e. The quantitative estimate of drug-likeness (QED) is 0.892. The van der Waals surface area contributed by atoms with Crippen molar-refractivity contribution in [3.8, 4) is 5.75 Å². The summed E-state index contributed by atoms with van der Waals surface area (Å²) >= 11 is 0. The lowest BCUT2D eigenvalue weighted by molar-refractivity contribution is 0.419. The SMILES string of the molecule is COc1ccc(C(N)C2CC2C)c2ccccc12. The molecular weight excluding hydrogens is 222 g/mol. The van der Waals surface area contributed by atoms with E-state index in [0.717, 1.165) is 17.1 Å². The summed E-state index contributed by atoms with van der Waals surface area (Å²) in [5, 5.41) is 2.38. The van der Waals surface area contributed by atoms with Gasteiger partial charge in [0.15, 0.2) is 0 Å². The van der Waals surface area contributed by atoms with Gasteiger partial charge in [-0.05, 0) is 35.3 Å². The van der Waals surface area contributed by atoms with E-state index in [1.165, 1.54) is 17.4 Å². The maximum absolute atomic E-state index is 6.41. The molecule has 18 heavy (non-hydrogen) atoms. The Morgan fingerprint density at radius 2 is 1.83 bits per heavy atom. The Bertz CT molecular complexity index is 578. The highest BCUT2D eigenvalue weighted by Gasteiger charge is 2.38. The van der Waals surface area contributed by atoms with Gasteiger partial charge in [-0.15, -0.1) is 0 Å². The van der Waals surface area contributed by atoms with Crippen LogP contribution in [0.2, 0.25) is 0 Å². The molecule has 0 saturated heterocycles. The van der Waals surface area contributed by atoms with Crippen molar-refractivity contribution in [2.24, 2.45) is 17.6 Å². The van der Waals surface area contributed by atoms with Crippen LogP contribution in [0.15, 0.2) is 36.4 Å². The van der Waals surface area contributed by atoms with Crippen LogP contribution in [0.25, 0.3) is 10.8 Å². The van der Waals surface area contributed by atoms with E-state index >= 15 is 0 Å². The van der Waals surface area contributed by atoms with E-state index < -0.39 is 0 Å². The van der Waals surface area contributed by atoms with Crippen molar-refractivity contribution in [3.63, 3.8) is 0 Å². The van der Waals surface area contributed by atoms with Crippen LogP contribution in [0.3, 0.4) is 0 Å². The van der Waals surface area contributed by atoms with Gasteiger partial charge in [-0.25, -0.2) is 0 Å². The van der Waals surface area contributed by atoms with Gasteiger partial charge < -0.3 is 10.5 Å². The second-order valence-electron chi connectivity index (χ2n) is 5.31. The minimum Gasteiger partial charge on any atom is -0.496 e. The zero-order chi connectivity index (χ0) is 12.7. The first-order valence-corrected chi connectivity index (χ1v) is 6.53. The first-order valence-electron chi connectivity index (χ1n) is 6.53. The predicted octanol–water partition coefficient (Wildman–Crippen LogP) is 3.50. The molecule has 2 aromatic rings. The second kappa shape index (κ2) is 4.29. The molecule has 0 aliphatic heterocycles. The molecule has 1 aliphatic carbocycles. The van der Waals surface area contributed by atoms with E-state index in [2.05, 4.69) is 31.2 Å². The molecule has 3 atom stereocenters. The average molecular weight is 241 g/mol. The second-order valence-corrected chi connectivity index (χ2v) is 5.31. The Kier molecular flexibility index (Phi) is 2.75. The van der Waals surface area contributed by atoms with Crippen LogP contribution in [0.4, 0.5) is 0 Å². The molecule has 94 valence electrons. The van der Waals surface area contributed by atoms with Crippen molar-refractivity contribution in [3.05, 3.63) is 42.0 Å². The molecule has 0 aromatic heterocycles. The minimum atomic E-state index is 0.149. The Balaban J connectivity index is 2.12. The van der Waals surface area contributed by atoms with Gasteiger partial charge in [-0.2, -0.15) is 0 Å². The lowest BCUT2D eigenvalue weighted by Crippen LogP contribution is -2.13. The summed E-state index contributed by atoms with van der Waals surface area (Å²) in [6.45, 7) is 2.27. The Morgan fingerprint density at radius 1 is 1.17 bits per heavy atom. The molecule has 2 N–H and O–H groups in total. The van der Waals surface area contributed by atoms with Gasteiger partial charge in [-0.3, -0.25) is 0 Å². The molecule has 1 aliphatic rings. The first kappa shape index (κ1) is 11.5. The van der Waals surface area contributed by atoms with Crippen molar-refractivity contribution in [1.82, 2.24) is 0 Å². The summed E-state index contributed by atoms with van der Waals surface area (Å²) in [5.74, 6) is 2.33. The summed E-state index contributed by atoms with van der Waals surface area (Å²) in [5.41, 5.74) is 7.66. The molecule has 3 rings (SSSR count). The fourth-order valence-electron chi connectivity index (χ4n) is 2.85. The normalized spacial score (nSPS) is 23.9. The molecular formula is C16H19NO. The summed E-state index contributed by atoms with van der Waals surface area (Å²) in [7, 11) is 1.71. The van der Waals surface area contributed by atoms with Gasteiger partial charge in [0.1, 0.15) is 5.75 Å². The lowest BCUT2D eigenvalue weighted by atomic mass is 9.95. The molecule has 2 heteroatoms. The van der Waals surface area contributed by atoms with Crippen LogP contribution in [-0.2, 0) is 0 Å². The van der Waals surface area contributed by atoms with Crippen molar-refractivity contribution in [2.45, 2.75) is 19.4 Å². The topological polar surface area (TPSA) is 35.2 Å². The third-order valence-electron chi connectivity index (χ3n) is 4.13. The van der Waals surface area contributed by atoms with Gasteiger partial charge in [-0.1, -0.05) is 37.3 Å². The highest BCUT2D eigenvalue weighted by Crippen LogP contribution is 2.47. The maximum Gasteiger partial charge on any atom is 0.126 e. The summed E-state index contributed by atoms with van der Waals surface area (Å²) in [6.07, 6.45) is 1.25. The predicted molar refractivity (Wildman–Crippen MR) is 74.7 cm³/mol. The number of rotatable bonds is 3. The van der Waals surface area contributed by atoms with Crippen molar-refractivity contribution < 1.29 is 4.74 Å². The van der Waals surface area contributed by atoms with Gasteiger partial charge in [0.25, 0.3) is 0 Å². The fraction of sp³-hybridized carbons (Fsp3) is 0.375. The number of benzene rings is 2. The van der Waals surface area contributed by atoms with E-state index in [1.807, 2.05) is 12.1 Å². The van der Waals surface area contributed by atoms with Crippen molar-refractivity contribution in [1.29, 1.82) is 0 Å². The van der Waals surface area contributed by atoms with Crippen LogP contribution in [0.5, 0.6) is 5.75 Å². The number of hydrogen-bond donors (Lipinski definition) is 1. The van der Waals surface area contributed by atoms with E-state index in [4.69, 9.17) is 10.5 Å². The molecule has 0 amide bonds. The van der Waals surface area contributed by atoms with E-state index in [1.54, 1.807) is 7.11 Å². The maximum atomic E-state index is 6.41. The summed E-state index contributed by atoms with van der Waals surface area (Å²) in [4.78, 5) is 0. The van der Waals surface area contributed by atoms with E-state index in [9.17, 15) is 0 Å². The van der Waals surface area contributed by atoms with E-state index in [-0.39, 0.29) is 6.04 Å². The third-order valence-corrected chi connectivity index (χ3v) is 4.13. The van der Waals surface area contributed by atoms with Gasteiger partial charge in [0, 0.05) is 11.4 Å². The van der Waals surface area contributed by atoms with Gasteiger partial charge >= 0.3 is 0 Å². The number of hydrogen-bond acceptors (Lipinski definition) is 2. The smallest absolute Gasteiger partial charge is 0.126 e. The van der Waals surface area contributed by atoms with Crippen LogP contribution in [0.1, 0.15) is 24.9 Å². The average Bonchev–Trinajstić information content (AvgIpc) is 3.14. The number of fused-ring (bicyclic) bond motifs is 1. The summed E-state index contributed by atoms with van der Waals surface area (Å²) in [6, 6.07) is 12.6. The fourth-order valence-corrected chi connectivity index (χ4v) is 2.85. The monoisotopic (exact) mass is 241 g/mol. The van der Waals surface area contributed by atoms with Gasteiger partial charge in [0.05, 0.1) is 7.11 Å². The molecule has 0 bridgehead atoms. The Labute approximate surface area is 108 Å². The number of ether oxygens (including phenoxy) is 1. The minimum absolute atomic E-state index is 0.149. The van der Waals surface area contributed by atoms with Crippen LogP contribution >= 0.6 is 0 Å². The molecule has 1 saturated carbocycles. The van der Waals surface area contributed by atoms with Crippen molar-refractivity contribution in [2.75, 3.05) is 7.11 Å². The molecule has 0 radical (unpaired) electrons. The standard InChI is InChI=1S/C16H19NO/c1-10-9-14(10)16(17)13-7-8-15(18-2)12-6-4-3-5-11(12)13/h3-8,10,14,16H,9,17H2,1-2H3. The summed E-state index contributed by atoms with van der Waals surface area (Å²) < 4.78 is 5.42. The highest BCUT2D eigenvalue weighted by atomic mass is 16.5. The van der Waals surface area contributed by atoms with E-state index in [0.29, 0.717) is 5.92 Å². The van der Waals surface area contributed by atoms with Gasteiger partial charge in [0.2, 0.25) is 0 Å². The zero-order valence-corrected chi connectivity index (χ0v) is 10.9. The molecule has 2 nitrogen and oxygen atoms in total. The molecule has 0 heterocycles. The first-order chi connectivity index (χ1) is 8.72.